The number of carbonyl (C=O) groups is 3. The van der Waals surface area contributed by atoms with E-state index in [1.807, 2.05) is 97.1 Å². The number of esters is 1. The minimum Gasteiger partial charge on any atom is -0.481 e. The van der Waals surface area contributed by atoms with Gasteiger partial charge in [-0.15, -0.1) is 0 Å². The van der Waals surface area contributed by atoms with E-state index in [0.29, 0.717) is 0 Å². The Morgan fingerprint density at radius 1 is 0.634 bits per heavy atom. The van der Waals surface area contributed by atoms with Gasteiger partial charge in [-0.2, -0.15) is 0 Å². The van der Waals surface area contributed by atoms with Gasteiger partial charge in [-0.1, -0.05) is 97.1 Å². The van der Waals surface area contributed by atoms with Crippen LogP contribution in [0.25, 0.3) is 22.3 Å². The number of hydrogen-bond acceptors (Lipinski definition) is 5. The number of ether oxygens (including phenoxy) is 2. The van der Waals surface area contributed by atoms with Crippen molar-refractivity contribution in [3.05, 3.63) is 119 Å². The normalized spacial score (nSPS) is 13.9. The summed E-state index contributed by atoms with van der Waals surface area (Å²) in [5.41, 5.74) is 8.68. The maximum Gasteiger partial charge on any atom is 0.407 e. The number of rotatable bonds is 9. The Hall–Kier alpha value is -4.91. The van der Waals surface area contributed by atoms with Crippen LogP contribution < -0.4 is 5.32 Å². The fourth-order valence-electron chi connectivity index (χ4n) is 6.00. The molecule has 4 aromatic carbocycles. The highest BCUT2D eigenvalue weighted by Crippen LogP contribution is 2.45. The lowest BCUT2D eigenvalue weighted by Crippen LogP contribution is -2.43. The van der Waals surface area contributed by atoms with Gasteiger partial charge in [0.25, 0.3) is 0 Å². The summed E-state index contributed by atoms with van der Waals surface area (Å²) in [5.74, 6) is -2.06. The van der Waals surface area contributed by atoms with Crippen LogP contribution in [0.2, 0.25) is 0 Å². The van der Waals surface area contributed by atoms with Gasteiger partial charge in [0.2, 0.25) is 0 Å². The predicted octanol–water partition coefficient (Wildman–Crippen LogP) is 6.11. The SMILES string of the molecule is O=C(O)CC[C@H](NC(=O)OCC1c2ccccc2-c2ccccc21)C(=O)OCC1c2ccccc2-c2ccccc21. The van der Waals surface area contributed by atoms with Crippen molar-refractivity contribution in [3.8, 4) is 22.3 Å². The number of carboxylic acids is 1. The van der Waals surface area contributed by atoms with Crippen molar-refractivity contribution >= 4 is 18.0 Å². The summed E-state index contributed by atoms with van der Waals surface area (Å²) >= 11 is 0. The molecule has 0 spiro atoms. The van der Waals surface area contributed by atoms with Crippen molar-refractivity contribution in [3.63, 3.8) is 0 Å². The molecule has 0 radical (unpaired) electrons. The Balaban J connectivity index is 1.12. The third kappa shape index (κ3) is 5.18. The molecule has 2 N–H and O–H groups in total. The highest BCUT2D eigenvalue weighted by molar-refractivity contribution is 5.83. The number of carboxylic acid groups (broad SMARTS) is 1. The molecular formula is C34H29NO6. The molecule has 6 rings (SSSR count). The van der Waals surface area contributed by atoms with Gasteiger partial charge in [-0.25, -0.2) is 9.59 Å². The van der Waals surface area contributed by atoms with E-state index in [-0.39, 0.29) is 37.9 Å². The van der Waals surface area contributed by atoms with Crippen LogP contribution in [0.1, 0.15) is 46.9 Å². The van der Waals surface area contributed by atoms with Crippen molar-refractivity contribution in [2.75, 3.05) is 13.2 Å². The topological polar surface area (TPSA) is 102 Å². The molecular weight excluding hydrogens is 518 g/mol. The van der Waals surface area contributed by atoms with Crippen molar-refractivity contribution < 1.29 is 29.0 Å². The van der Waals surface area contributed by atoms with E-state index in [0.717, 1.165) is 44.5 Å². The zero-order valence-electron chi connectivity index (χ0n) is 22.3. The molecule has 41 heavy (non-hydrogen) atoms. The van der Waals surface area contributed by atoms with E-state index in [2.05, 4.69) is 5.32 Å². The van der Waals surface area contributed by atoms with Gasteiger partial charge in [-0.3, -0.25) is 4.79 Å². The maximum absolute atomic E-state index is 13.2. The molecule has 206 valence electrons. The smallest absolute Gasteiger partial charge is 0.407 e. The zero-order chi connectivity index (χ0) is 28.3. The maximum atomic E-state index is 13.2. The lowest BCUT2D eigenvalue weighted by atomic mass is 9.98. The minimum atomic E-state index is -1.16. The van der Waals surface area contributed by atoms with E-state index in [4.69, 9.17) is 9.47 Å². The minimum absolute atomic E-state index is 0.0722. The van der Waals surface area contributed by atoms with Gasteiger partial charge in [0.15, 0.2) is 0 Å². The second-order valence-electron chi connectivity index (χ2n) is 10.3. The number of nitrogens with one attached hydrogen (secondary N) is 1. The number of benzene rings is 4. The number of carbonyl (C=O) groups excluding carboxylic acids is 2. The number of alkyl carbamates (subject to hydrolysis) is 1. The number of aliphatic carboxylic acids is 1. The molecule has 2 aliphatic rings. The average Bonchev–Trinajstić information content (AvgIpc) is 3.49. The molecule has 1 amide bonds. The predicted molar refractivity (Wildman–Crippen MR) is 154 cm³/mol. The average molecular weight is 548 g/mol. The molecule has 0 unspecified atom stereocenters. The summed E-state index contributed by atoms with van der Waals surface area (Å²) in [5, 5.41) is 11.8. The van der Waals surface area contributed by atoms with E-state index in [1.54, 1.807) is 0 Å². The molecule has 7 nitrogen and oxygen atoms in total. The van der Waals surface area contributed by atoms with Crippen molar-refractivity contribution in [1.82, 2.24) is 5.32 Å². The zero-order valence-corrected chi connectivity index (χ0v) is 22.3. The highest BCUT2D eigenvalue weighted by Gasteiger charge is 2.32. The van der Waals surface area contributed by atoms with Crippen LogP contribution >= 0.6 is 0 Å². The fourth-order valence-corrected chi connectivity index (χ4v) is 6.00. The van der Waals surface area contributed by atoms with Crippen LogP contribution in [0.3, 0.4) is 0 Å². The van der Waals surface area contributed by atoms with Crippen LogP contribution in [0.4, 0.5) is 4.79 Å². The molecule has 0 saturated heterocycles. The summed E-state index contributed by atoms with van der Waals surface area (Å²) in [6, 6.07) is 30.8. The van der Waals surface area contributed by atoms with Gasteiger partial charge < -0.3 is 19.9 Å². The Kier molecular flexibility index (Phi) is 7.25. The molecule has 0 saturated carbocycles. The van der Waals surface area contributed by atoms with Crippen molar-refractivity contribution in [2.24, 2.45) is 0 Å². The molecule has 4 aromatic rings. The number of amides is 1. The molecule has 0 aliphatic heterocycles. The summed E-state index contributed by atoms with van der Waals surface area (Å²) in [4.78, 5) is 37.3. The van der Waals surface area contributed by atoms with Crippen LogP contribution in [-0.2, 0) is 19.1 Å². The Bertz CT molecular complexity index is 1540. The first-order chi connectivity index (χ1) is 20.0. The van der Waals surface area contributed by atoms with Crippen LogP contribution in [-0.4, -0.2) is 42.4 Å². The van der Waals surface area contributed by atoms with Gasteiger partial charge in [0.05, 0.1) is 0 Å². The molecule has 0 fully saturated rings. The molecule has 1 atom stereocenters. The van der Waals surface area contributed by atoms with E-state index in [1.165, 1.54) is 0 Å². The Morgan fingerprint density at radius 2 is 1.02 bits per heavy atom. The van der Waals surface area contributed by atoms with E-state index >= 15 is 0 Å². The van der Waals surface area contributed by atoms with Gasteiger partial charge in [-0.05, 0) is 50.9 Å². The van der Waals surface area contributed by atoms with Crippen LogP contribution in [0.15, 0.2) is 97.1 Å². The number of hydrogen-bond donors (Lipinski definition) is 2. The molecule has 7 heteroatoms. The second kappa shape index (κ2) is 11.3. The molecule has 0 heterocycles. The largest absolute Gasteiger partial charge is 0.481 e. The number of fused-ring (bicyclic) bond motifs is 6. The Labute approximate surface area is 237 Å². The van der Waals surface area contributed by atoms with Crippen molar-refractivity contribution in [2.45, 2.75) is 30.7 Å². The lowest BCUT2D eigenvalue weighted by Gasteiger charge is -2.20. The first kappa shape index (κ1) is 26.3. The quantitative estimate of drug-likeness (QED) is 0.245. The molecule has 0 bridgehead atoms. The van der Waals surface area contributed by atoms with Gasteiger partial charge in [0.1, 0.15) is 19.3 Å². The fraction of sp³-hybridized carbons (Fsp3) is 0.206. The lowest BCUT2D eigenvalue weighted by molar-refractivity contribution is -0.147. The second-order valence-corrected chi connectivity index (χ2v) is 10.3. The van der Waals surface area contributed by atoms with Gasteiger partial charge >= 0.3 is 18.0 Å². The van der Waals surface area contributed by atoms with E-state index < -0.39 is 24.1 Å². The van der Waals surface area contributed by atoms with Crippen LogP contribution in [0, 0.1) is 0 Å². The molecule has 2 aliphatic carbocycles. The summed E-state index contributed by atoms with van der Waals surface area (Å²) < 4.78 is 11.3. The first-order valence-corrected chi connectivity index (χ1v) is 13.7. The monoisotopic (exact) mass is 547 g/mol. The van der Waals surface area contributed by atoms with E-state index in [9.17, 15) is 19.5 Å². The van der Waals surface area contributed by atoms with Crippen LogP contribution in [0.5, 0.6) is 0 Å². The Morgan fingerprint density at radius 3 is 1.44 bits per heavy atom. The standard InChI is InChI=1S/C34H29NO6/c36-32(37)18-17-31(33(38)40-19-29-25-13-5-1-9-21(25)22-10-2-6-14-26(22)29)35-34(39)41-20-30-27-15-7-3-11-23(27)24-12-4-8-16-28(24)30/h1-16,29-31H,17-20H2,(H,35,39)(H,36,37)/t31-/m0/s1. The summed E-state index contributed by atoms with van der Waals surface area (Å²) in [6.07, 6.45) is -1.22. The van der Waals surface area contributed by atoms with Crippen molar-refractivity contribution in [1.29, 1.82) is 0 Å². The summed E-state index contributed by atoms with van der Waals surface area (Å²) in [7, 11) is 0. The highest BCUT2D eigenvalue weighted by atomic mass is 16.6. The third-order valence-corrected chi connectivity index (χ3v) is 7.92. The third-order valence-electron chi connectivity index (χ3n) is 7.92. The molecule has 0 aromatic heterocycles. The first-order valence-electron chi connectivity index (χ1n) is 13.7. The summed E-state index contributed by atoms with van der Waals surface area (Å²) in [6.45, 7) is 0.152. The van der Waals surface area contributed by atoms with Gasteiger partial charge in [0, 0.05) is 18.3 Å².